The molecule has 0 N–H and O–H groups in total. The number of benzene rings is 14. The number of hydrogen-bond acceptors (Lipinski definition) is 0. The Morgan fingerprint density at radius 1 is 0.291 bits per heavy atom. The van der Waals surface area contributed by atoms with Gasteiger partial charge in [0.25, 0.3) is 0 Å². The minimum Gasteiger partial charge on any atom is -0.0654 e. The van der Waals surface area contributed by atoms with E-state index in [1.165, 1.54) is 204 Å². The number of rotatable bonds is 14. The highest BCUT2D eigenvalue weighted by Gasteiger charge is 2.47. The van der Waals surface area contributed by atoms with Gasteiger partial charge in [0.15, 0.2) is 0 Å². The average Bonchev–Trinajstić information content (AvgIpc) is 4.00. The third kappa shape index (κ3) is 7.50. The quantitative estimate of drug-likeness (QED) is 0.0578. The summed E-state index contributed by atoms with van der Waals surface area (Å²) in [6.45, 7) is 4.61. The van der Waals surface area contributed by atoms with E-state index in [9.17, 15) is 0 Å². The van der Waals surface area contributed by atoms with Gasteiger partial charge in [-0.1, -0.05) is 266 Å². The molecule has 0 saturated carbocycles. The molecule has 79 heavy (non-hydrogen) atoms. The van der Waals surface area contributed by atoms with E-state index in [2.05, 4.69) is 252 Å². The van der Waals surface area contributed by atoms with Crippen LogP contribution in [-0.4, -0.2) is 0 Å². The summed E-state index contributed by atoms with van der Waals surface area (Å²) in [4.78, 5) is 0. The third-order valence-electron chi connectivity index (χ3n) is 18.4. The molecule has 0 unspecified atom stereocenters. The van der Waals surface area contributed by atoms with Crippen LogP contribution in [0.25, 0.3) is 120 Å². The van der Waals surface area contributed by atoms with Crippen molar-refractivity contribution in [3.05, 3.63) is 249 Å². The van der Waals surface area contributed by atoms with Gasteiger partial charge in [-0.2, -0.15) is 0 Å². The molecular formula is C77H60Br2. The minimum absolute atomic E-state index is 0.610. The van der Waals surface area contributed by atoms with Crippen molar-refractivity contribution in [1.82, 2.24) is 0 Å². The third-order valence-corrected chi connectivity index (χ3v) is 19.8. The molecular weight excluding hydrogens is 1080 g/mol. The molecule has 0 heterocycles. The van der Waals surface area contributed by atoms with E-state index in [0.29, 0.717) is 0 Å². The van der Waals surface area contributed by atoms with Gasteiger partial charge < -0.3 is 0 Å². The molecule has 0 fully saturated rings. The van der Waals surface area contributed by atoms with Crippen LogP contribution >= 0.6 is 31.9 Å². The number of fused-ring (bicyclic) bond motifs is 7. The lowest BCUT2D eigenvalue weighted by Gasteiger charge is -2.35. The summed E-state index contributed by atoms with van der Waals surface area (Å²) >= 11 is 7.80. The second-order valence-electron chi connectivity index (χ2n) is 22.7. The highest BCUT2D eigenvalue weighted by molar-refractivity contribution is 9.11. The molecule has 1 aliphatic carbocycles. The highest BCUT2D eigenvalue weighted by Crippen LogP contribution is 2.59. The van der Waals surface area contributed by atoms with Gasteiger partial charge in [-0.05, 0) is 203 Å². The lowest BCUT2D eigenvalue weighted by Crippen LogP contribution is -2.28. The van der Waals surface area contributed by atoms with Crippen LogP contribution in [0.15, 0.2) is 215 Å². The summed E-state index contributed by atoms with van der Waals surface area (Å²) in [6.07, 6.45) is 12.2. The molecule has 15 rings (SSSR count). The Balaban J connectivity index is 0.971. The molecule has 0 aromatic heterocycles. The summed E-state index contributed by atoms with van der Waals surface area (Å²) in [5.74, 6) is 0. The van der Waals surface area contributed by atoms with E-state index in [1.807, 2.05) is 0 Å². The fraction of sp³-hybridized carbons (Fsp3) is 0.169. The zero-order chi connectivity index (χ0) is 52.9. The Morgan fingerprint density at radius 3 is 1.01 bits per heavy atom. The standard InChI is InChI=1S/C77H60Br2/c1-3-5-7-9-15-47-25-31-51(32-26-47)77(52-33-27-48(28-34-52)16-10-8-6-4-2)69-45-49(53-37-39-63-65-41-43-71(78)67-23-13-21-61(75(65)67)59-19-11-17-57(53)73(59)63)29-35-55(69)56-36-30-50(46-70(56)77)54-38-40-64-66-42-44-72(79)68-24-14-22-62(76(66)68)60-20-12-18-58(54)74(60)64/h11-14,17-46H,3-10,15-16H2,1-2H3. The van der Waals surface area contributed by atoms with Crippen molar-refractivity contribution in [2.75, 3.05) is 0 Å². The van der Waals surface area contributed by atoms with Gasteiger partial charge in [0.1, 0.15) is 0 Å². The molecule has 0 aliphatic heterocycles. The monoisotopic (exact) mass is 1140 g/mol. The Kier molecular flexibility index (Phi) is 12.0. The van der Waals surface area contributed by atoms with Crippen LogP contribution in [0.1, 0.15) is 98.6 Å². The predicted molar refractivity (Wildman–Crippen MR) is 348 cm³/mol. The lowest BCUT2D eigenvalue weighted by molar-refractivity contribution is 0.666. The van der Waals surface area contributed by atoms with Crippen LogP contribution in [0.3, 0.4) is 0 Å². The maximum atomic E-state index is 3.90. The summed E-state index contributed by atoms with van der Waals surface area (Å²) in [5.41, 5.74) is 15.2. The Labute approximate surface area is 480 Å². The highest BCUT2D eigenvalue weighted by atomic mass is 79.9. The SMILES string of the molecule is CCCCCCc1ccc(C2(c3ccc(CCCCCC)cc3)c3cc(-c4ccc5c6ccc(Br)c7cccc(c8cccc4c85)c76)ccc3-c3ccc(-c4ccc5c6ccc(Br)c7cccc(c8cccc4c85)c76)cc32)cc1. The minimum atomic E-state index is -0.610. The van der Waals surface area contributed by atoms with Crippen molar-refractivity contribution in [2.24, 2.45) is 0 Å². The van der Waals surface area contributed by atoms with E-state index in [0.717, 1.165) is 21.8 Å². The molecule has 0 nitrogen and oxygen atoms in total. The van der Waals surface area contributed by atoms with Crippen molar-refractivity contribution in [3.8, 4) is 33.4 Å². The summed E-state index contributed by atoms with van der Waals surface area (Å²) in [6, 6.07) is 80.8. The normalized spacial score (nSPS) is 13.2. The maximum absolute atomic E-state index is 3.90. The van der Waals surface area contributed by atoms with E-state index in [4.69, 9.17) is 0 Å². The van der Waals surface area contributed by atoms with Crippen molar-refractivity contribution in [2.45, 2.75) is 83.5 Å². The van der Waals surface area contributed by atoms with Gasteiger partial charge in [0.05, 0.1) is 5.41 Å². The first-order valence-electron chi connectivity index (χ1n) is 29.0. The average molecular weight is 1150 g/mol. The summed E-state index contributed by atoms with van der Waals surface area (Å²) < 4.78 is 2.27. The summed E-state index contributed by atoms with van der Waals surface area (Å²) in [5, 5.41) is 20.8. The van der Waals surface area contributed by atoms with E-state index in [1.54, 1.807) is 0 Å². The summed E-state index contributed by atoms with van der Waals surface area (Å²) in [7, 11) is 0. The van der Waals surface area contributed by atoms with E-state index in [-0.39, 0.29) is 0 Å². The molecule has 14 aromatic carbocycles. The predicted octanol–water partition coefficient (Wildman–Crippen LogP) is 23.3. The van der Waals surface area contributed by atoms with E-state index < -0.39 is 5.41 Å². The van der Waals surface area contributed by atoms with Crippen molar-refractivity contribution >= 4 is 118 Å². The van der Waals surface area contributed by atoms with Gasteiger partial charge in [0, 0.05) is 8.95 Å². The number of unbranched alkanes of at least 4 members (excludes halogenated alkanes) is 6. The van der Waals surface area contributed by atoms with Gasteiger partial charge in [0.2, 0.25) is 0 Å². The van der Waals surface area contributed by atoms with Crippen LogP contribution < -0.4 is 0 Å². The smallest absolute Gasteiger partial charge is 0.0654 e. The first-order valence-corrected chi connectivity index (χ1v) is 30.6. The zero-order valence-electron chi connectivity index (χ0n) is 45.0. The van der Waals surface area contributed by atoms with Crippen LogP contribution in [0.2, 0.25) is 0 Å². The molecule has 0 bridgehead atoms. The molecule has 1 aliphatic rings. The number of hydrogen-bond donors (Lipinski definition) is 0. The second kappa shape index (κ2) is 19.5. The Hall–Kier alpha value is -7.36. The molecule has 0 saturated heterocycles. The van der Waals surface area contributed by atoms with Crippen LogP contribution in [0.4, 0.5) is 0 Å². The molecule has 0 atom stereocenters. The zero-order valence-corrected chi connectivity index (χ0v) is 48.1. The van der Waals surface area contributed by atoms with Gasteiger partial charge >= 0.3 is 0 Å². The largest absolute Gasteiger partial charge is 0.0714 e. The molecule has 0 spiro atoms. The molecule has 0 radical (unpaired) electrons. The van der Waals surface area contributed by atoms with Crippen molar-refractivity contribution < 1.29 is 0 Å². The van der Waals surface area contributed by atoms with Crippen LogP contribution in [0, 0.1) is 0 Å². The number of halogens is 2. The Morgan fingerprint density at radius 2 is 0.620 bits per heavy atom. The topological polar surface area (TPSA) is 0 Å². The van der Waals surface area contributed by atoms with Gasteiger partial charge in [-0.15, -0.1) is 0 Å². The van der Waals surface area contributed by atoms with Crippen molar-refractivity contribution in [3.63, 3.8) is 0 Å². The maximum Gasteiger partial charge on any atom is 0.0714 e. The fourth-order valence-electron chi connectivity index (χ4n) is 14.7. The lowest BCUT2D eigenvalue weighted by atomic mass is 9.66. The number of aryl methyl sites for hydroxylation is 2. The van der Waals surface area contributed by atoms with Gasteiger partial charge in [-0.3, -0.25) is 0 Å². The first-order chi connectivity index (χ1) is 38.9. The van der Waals surface area contributed by atoms with Crippen LogP contribution in [0.5, 0.6) is 0 Å². The molecule has 2 heteroatoms. The fourth-order valence-corrected chi connectivity index (χ4v) is 15.6. The molecule has 382 valence electrons. The molecule has 14 aromatic rings. The second-order valence-corrected chi connectivity index (χ2v) is 24.4. The van der Waals surface area contributed by atoms with Crippen LogP contribution in [-0.2, 0) is 18.3 Å². The Bertz CT molecular complexity index is 4350. The van der Waals surface area contributed by atoms with Crippen molar-refractivity contribution in [1.29, 1.82) is 0 Å². The van der Waals surface area contributed by atoms with Gasteiger partial charge in [-0.25, -0.2) is 0 Å². The van der Waals surface area contributed by atoms with E-state index >= 15 is 0 Å². The first kappa shape index (κ1) is 48.7. The molecule has 0 amide bonds.